The van der Waals surface area contributed by atoms with E-state index in [0.717, 1.165) is 0 Å². The van der Waals surface area contributed by atoms with Crippen LogP contribution >= 0.6 is 23.2 Å². The zero-order valence-electron chi connectivity index (χ0n) is 15.3. The van der Waals surface area contributed by atoms with Crippen molar-refractivity contribution in [3.8, 4) is 11.4 Å². The van der Waals surface area contributed by atoms with Gasteiger partial charge >= 0.3 is 5.69 Å². The normalized spacial score (nSPS) is 12.0. The molecule has 0 spiro atoms. The van der Waals surface area contributed by atoms with Gasteiger partial charge in [0, 0.05) is 29.0 Å². The van der Waals surface area contributed by atoms with Gasteiger partial charge in [-0.1, -0.05) is 29.3 Å². The number of hydrogen-bond donors (Lipinski definition) is 1. The predicted molar refractivity (Wildman–Crippen MR) is 109 cm³/mol. The van der Waals surface area contributed by atoms with Crippen LogP contribution in [0.15, 0.2) is 53.5 Å². The molecule has 2 aromatic carbocycles. The third-order valence-corrected chi connectivity index (χ3v) is 4.69. The Balaban J connectivity index is 1.75. The Morgan fingerprint density at radius 3 is 2.69 bits per heavy atom. The maximum Gasteiger partial charge on any atom is 0.333 e. The summed E-state index contributed by atoms with van der Waals surface area (Å²) in [4.78, 5) is 23.2. The maximum atomic E-state index is 12.7. The summed E-state index contributed by atoms with van der Waals surface area (Å²) in [6.07, 6.45) is 0.583. The molecule has 3 rings (SSSR count). The minimum absolute atomic E-state index is 0.0210. The highest BCUT2D eigenvalue weighted by Crippen LogP contribution is 2.27. The van der Waals surface area contributed by atoms with E-state index in [9.17, 15) is 20.0 Å². The number of nitro groups is 1. The van der Waals surface area contributed by atoms with Crippen LogP contribution in [0.5, 0.6) is 5.75 Å². The van der Waals surface area contributed by atoms with Crippen molar-refractivity contribution in [3.05, 3.63) is 85.0 Å². The second-order valence-electron chi connectivity index (χ2n) is 6.36. The van der Waals surface area contributed by atoms with Crippen LogP contribution in [0.3, 0.4) is 0 Å². The van der Waals surface area contributed by atoms with Crippen molar-refractivity contribution in [1.29, 1.82) is 0 Å². The maximum absolute atomic E-state index is 12.7. The minimum Gasteiger partial charge on any atom is -0.489 e. The number of non-ortho nitro benzene ring substituents is 1. The van der Waals surface area contributed by atoms with Gasteiger partial charge in [0.25, 0.3) is 5.69 Å². The van der Waals surface area contributed by atoms with E-state index < -0.39 is 16.7 Å². The van der Waals surface area contributed by atoms with E-state index in [2.05, 4.69) is 0 Å². The van der Waals surface area contributed by atoms with Gasteiger partial charge in [-0.2, -0.15) is 0 Å². The van der Waals surface area contributed by atoms with Crippen LogP contribution in [-0.4, -0.2) is 31.9 Å². The van der Waals surface area contributed by atoms with Crippen molar-refractivity contribution >= 4 is 28.9 Å². The Bertz CT molecular complexity index is 1110. The number of nitrogens with zero attached hydrogens (tertiary/aromatic N) is 3. The second kappa shape index (κ2) is 8.69. The summed E-state index contributed by atoms with van der Waals surface area (Å²) in [5, 5.41) is 22.0. The molecular formula is C19H17Cl2N3O5. The molecule has 0 saturated carbocycles. The van der Waals surface area contributed by atoms with Crippen molar-refractivity contribution in [2.24, 2.45) is 0 Å². The summed E-state index contributed by atoms with van der Waals surface area (Å²) in [7, 11) is 0. The van der Waals surface area contributed by atoms with Gasteiger partial charge in [0.15, 0.2) is 0 Å². The van der Waals surface area contributed by atoms with Crippen LogP contribution in [0.2, 0.25) is 10.0 Å². The van der Waals surface area contributed by atoms with Crippen LogP contribution in [0.4, 0.5) is 5.69 Å². The van der Waals surface area contributed by atoms with Gasteiger partial charge in [-0.25, -0.2) is 4.79 Å². The van der Waals surface area contributed by atoms with Gasteiger partial charge in [0.1, 0.15) is 18.5 Å². The Morgan fingerprint density at radius 1 is 1.24 bits per heavy atom. The lowest BCUT2D eigenvalue weighted by Crippen LogP contribution is -2.31. The first kappa shape index (κ1) is 20.9. The fourth-order valence-electron chi connectivity index (χ4n) is 2.87. The van der Waals surface area contributed by atoms with E-state index in [1.165, 1.54) is 33.4 Å². The van der Waals surface area contributed by atoms with E-state index >= 15 is 0 Å². The summed E-state index contributed by atoms with van der Waals surface area (Å²) < 4.78 is 8.16. The van der Waals surface area contributed by atoms with E-state index in [0.29, 0.717) is 27.2 Å². The third kappa shape index (κ3) is 4.79. The van der Waals surface area contributed by atoms with Gasteiger partial charge in [0.2, 0.25) is 0 Å². The highest BCUT2D eigenvalue weighted by Gasteiger charge is 2.16. The fourth-order valence-corrected chi connectivity index (χ4v) is 3.33. The Labute approximate surface area is 175 Å². The number of benzene rings is 2. The Morgan fingerprint density at radius 2 is 2.00 bits per heavy atom. The molecule has 0 aliphatic carbocycles. The second-order valence-corrected chi connectivity index (χ2v) is 7.20. The molecule has 1 heterocycles. The number of rotatable bonds is 7. The van der Waals surface area contributed by atoms with E-state index in [-0.39, 0.29) is 18.8 Å². The molecule has 0 radical (unpaired) electrons. The smallest absolute Gasteiger partial charge is 0.333 e. The fraction of sp³-hybridized carbons (Fsp3) is 0.211. The molecule has 0 amide bonds. The molecule has 3 aromatic rings. The molecular weight excluding hydrogens is 421 g/mol. The van der Waals surface area contributed by atoms with Crippen LogP contribution in [0.25, 0.3) is 5.69 Å². The molecule has 1 N–H and O–H groups in total. The first-order valence-corrected chi connectivity index (χ1v) is 9.31. The SMILES string of the molecule is Cc1cn(C[C@H](O)COc2ccc(Cl)cc2Cl)c(=O)n1-c1cccc([N+](=O)[O-])c1. The zero-order valence-corrected chi connectivity index (χ0v) is 16.8. The Kier molecular flexibility index (Phi) is 6.26. The van der Waals surface area contributed by atoms with Crippen molar-refractivity contribution in [2.45, 2.75) is 19.6 Å². The molecule has 0 fully saturated rings. The van der Waals surface area contributed by atoms with Crippen LogP contribution in [0.1, 0.15) is 5.69 Å². The molecule has 29 heavy (non-hydrogen) atoms. The number of aliphatic hydroxyl groups excluding tert-OH is 1. The summed E-state index contributed by atoms with van der Waals surface area (Å²) in [6, 6.07) is 10.5. The first-order valence-electron chi connectivity index (χ1n) is 8.56. The molecule has 0 aliphatic heterocycles. The standard InChI is InChI=1S/C19H17Cl2N3O5/c1-12-9-22(10-16(25)11-29-18-6-5-13(20)7-17(18)21)19(26)23(12)14-3-2-4-15(8-14)24(27)28/h2-9,16,25H,10-11H2,1H3/t16-/m0/s1. The first-order chi connectivity index (χ1) is 13.8. The van der Waals surface area contributed by atoms with Crippen LogP contribution in [0, 0.1) is 17.0 Å². The highest BCUT2D eigenvalue weighted by atomic mass is 35.5. The monoisotopic (exact) mass is 437 g/mol. The van der Waals surface area contributed by atoms with Gasteiger partial charge in [-0.15, -0.1) is 0 Å². The van der Waals surface area contributed by atoms with E-state index in [1.54, 1.807) is 31.3 Å². The molecule has 1 aromatic heterocycles. The highest BCUT2D eigenvalue weighted by molar-refractivity contribution is 6.35. The molecule has 152 valence electrons. The predicted octanol–water partition coefficient (Wildman–Crippen LogP) is 3.60. The molecule has 10 heteroatoms. The van der Waals surface area contributed by atoms with Crippen molar-refractivity contribution < 1.29 is 14.8 Å². The van der Waals surface area contributed by atoms with Crippen LogP contribution in [-0.2, 0) is 6.54 Å². The molecule has 1 atom stereocenters. The number of ether oxygens (including phenoxy) is 1. The molecule has 8 nitrogen and oxygen atoms in total. The number of aryl methyl sites for hydroxylation is 1. The molecule has 0 bridgehead atoms. The average molecular weight is 438 g/mol. The van der Waals surface area contributed by atoms with Gasteiger partial charge < -0.3 is 9.84 Å². The summed E-state index contributed by atoms with van der Waals surface area (Å²) in [5.74, 6) is 0.368. The number of aliphatic hydroxyl groups is 1. The minimum atomic E-state index is -0.986. The average Bonchev–Trinajstić information content (AvgIpc) is 2.94. The summed E-state index contributed by atoms with van der Waals surface area (Å²) in [6.45, 7) is 1.59. The zero-order chi connectivity index (χ0) is 21.1. The van der Waals surface area contributed by atoms with Crippen molar-refractivity contribution in [2.75, 3.05) is 6.61 Å². The number of halogens is 2. The van der Waals surface area contributed by atoms with E-state index in [4.69, 9.17) is 27.9 Å². The van der Waals surface area contributed by atoms with Gasteiger partial charge in [0.05, 0.1) is 22.2 Å². The lowest BCUT2D eigenvalue weighted by molar-refractivity contribution is -0.384. The number of aromatic nitrogens is 2. The quantitative estimate of drug-likeness (QED) is 0.449. The van der Waals surface area contributed by atoms with Crippen LogP contribution < -0.4 is 10.4 Å². The summed E-state index contributed by atoms with van der Waals surface area (Å²) >= 11 is 11.9. The topological polar surface area (TPSA) is 99.5 Å². The molecule has 0 aliphatic rings. The largest absolute Gasteiger partial charge is 0.489 e. The molecule has 0 saturated heterocycles. The van der Waals surface area contributed by atoms with E-state index in [1.807, 2.05) is 0 Å². The van der Waals surface area contributed by atoms with Gasteiger partial charge in [-0.3, -0.25) is 19.2 Å². The Hall–Kier alpha value is -2.81. The summed E-state index contributed by atoms with van der Waals surface area (Å²) in [5.41, 5.74) is 0.407. The van der Waals surface area contributed by atoms with Crippen molar-refractivity contribution in [1.82, 2.24) is 9.13 Å². The number of hydrogen-bond acceptors (Lipinski definition) is 5. The lowest BCUT2D eigenvalue weighted by Gasteiger charge is -2.13. The third-order valence-electron chi connectivity index (χ3n) is 4.16. The lowest BCUT2D eigenvalue weighted by atomic mass is 10.3. The number of nitro benzene ring substituents is 1. The number of imidazole rings is 1. The van der Waals surface area contributed by atoms with Gasteiger partial charge in [-0.05, 0) is 31.2 Å². The molecule has 0 unspecified atom stereocenters. The van der Waals surface area contributed by atoms with Crippen molar-refractivity contribution in [3.63, 3.8) is 0 Å².